The number of ether oxygens (including phenoxy) is 1. The zero-order valence-electron chi connectivity index (χ0n) is 20.5. The molecule has 0 aliphatic rings. The minimum atomic E-state index is -0.152. The molecule has 1 atom stereocenters. The van der Waals surface area contributed by atoms with Crippen LogP contribution < -0.4 is 0 Å². The standard InChI is InChI=1S/C27H54O2/c1-4-5-6-7-8-9-10-11-12-13-14-15-16-17-18-19-20-21-22-23-24-25-26(2)29-27(3)28/h26H,4-25H2,1-3H3. The van der Waals surface area contributed by atoms with E-state index in [4.69, 9.17) is 4.74 Å². The molecule has 0 radical (unpaired) electrons. The molecule has 0 amide bonds. The fraction of sp³-hybridized carbons (Fsp3) is 0.963. The van der Waals surface area contributed by atoms with E-state index in [1.54, 1.807) is 0 Å². The Balaban J connectivity index is 3.06. The summed E-state index contributed by atoms with van der Waals surface area (Å²) in [6, 6.07) is 0. The van der Waals surface area contributed by atoms with Crippen molar-refractivity contribution in [3.05, 3.63) is 0 Å². The molecule has 0 aliphatic carbocycles. The Morgan fingerprint density at radius 1 is 0.552 bits per heavy atom. The molecule has 0 spiro atoms. The molecule has 2 heteroatoms. The lowest BCUT2D eigenvalue weighted by Crippen LogP contribution is -2.11. The largest absolute Gasteiger partial charge is 0.463 e. The SMILES string of the molecule is CCCCCCCCCCCCCCCCCCCCCCCC(C)OC(C)=O. The molecular weight excluding hydrogens is 356 g/mol. The van der Waals surface area contributed by atoms with Gasteiger partial charge in [-0.1, -0.05) is 135 Å². The van der Waals surface area contributed by atoms with Crippen LogP contribution in [0.5, 0.6) is 0 Å². The van der Waals surface area contributed by atoms with Crippen molar-refractivity contribution in [2.75, 3.05) is 0 Å². The quantitative estimate of drug-likeness (QED) is 0.124. The monoisotopic (exact) mass is 410 g/mol. The topological polar surface area (TPSA) is 26.3 Å². The Morgan fingerprint density at radius 2 is 0.828 bits per heavy atom. The van der Waals surface area contributed by atoms with Crippen molar-refractivity contribution in [3.8, 4) is 0 Å². The van der Waals surface area contributed by atoms with Crippen LogP contribution in [0.25, 0.3) is 0 Å². The summed E-state index contributed by atoms with van der Waals surface area (Å²) in [5, 5.41) is 0. The summed E-state index contributed by atoms with van der Waals surface area (Å²) >= 11 is 0. The first-order chi connectivity index (χ1) is 14.2. The number of carbonyl (C=O) groups is 1. The smallest absolute Gasteiger partial charge is 0.302 e. The third-order valence-electron chi connectivity index (χ3n) is 6.08. The lowest BCUT2D eigenvalue weighted by molar-refractivity contribution is -0.145. The second kappa shape index (κ2) is 23.7. The van der Waals surface area contributed by atoms with E-state index in [1.165, 1.54) is 142 Å². The molecule has 0 bridgehead atoms. The van der Waals surface area contributed by atoms with Gasteiger partial charge in [0, 0.05) is 6.92 Å². The average Bonchev–Trinajstić information content (AvgIpc) is 2.68. The van der Waals surface area contributed by atoms with E-state index in [-0.39, 0.29) is 12.1 Å². The number of hydrogen-bond acceptors (Lipinski definition) is 2. The van der Waals surface area contributed by atoms with E-state index in [2.05, 4.69) is 6.92 Å². The lowest BCUT2D eigenvalue weighted by Gasteiger charge is -2.11. The van der Waals surface area contributed by atoms with Gasteiger partial charge in [-0.25, -0.2) is 0 Å². The normalized spacial score (nSPS) is 12.2. The third-order valence-corrected chi connectivity index (χ3v) is 6.08. The number of carbonyl (C=O) groups excluding carboxylic acids is 1. The Labute approximate surface area is 184 Å². The highest BCUT2D eigenvalue weighted by atomic mass is 16.5. The maximum Gasteiger partial charge on any atom is 0.302 e. The first kappa shape index (κ1) is 28.5. The summed E-state index contributed by atoms with van der Waals surface area (Å²) in [6.45, 7) is 5.79. The number of rotatable bonds is 23. The second-order valence-corrected chi connectivity index (χ2v) is 9.28. The first-order valence-electron chi connectivity index (χ1n) is 13.3. The Morgan fingerprint density at radius 3 is 1.10 bits per heavy atom. The lowest BCUT2D eigenvalue weighted by atomic mass is 10.0. The zero-order valence-corrected chi connectivity index (χ0v) is 20.5. The van der Waals surface area contributed by atoms with Gasteiger partial charge >= 0.3 is 5.97 Å². The van der Waals surface area contributed by atoms with Crippen molar-refractivity contribution in [1.29, 1.82) is 0 Å². The van der Waals surface area contributed by atoms with Crippen LogP contribution in [0.1, 0.15) is 162 Å². The van der Waals surface area contributed by atoms with Gasteiger partial charge in [-0.15, -0.1) is 0 Å². The molecule has 0 N–H and O–H groups in total. The Hall–Kier alpha value is -0.530. The fourth-order valence-corrected chi connectivity index (χ4v) is 4.21. The molecule has 0 aromatic heterocycles. The molecule has 0 saturated heterocycles. The number of esters is 1. The van der Waals surface area contributed by atoms with E-state index in [9.17, 15) is 4.79 Å². The third kappa shape index (κ3) is 25.4. The van der Waals surface area contributed by atoms with Crippen LogP contribution in [0.4, 0.5) is 0 Å². The predicted molar refractivity (Wildman–Crippen MR) is 128 cm³/mol. The van der Waals surface area contributed by atoms with Gasteiger partial charge in [-0.3, -0.25) is 4.79 Å². The zero-order chi connectivity index (χ0) is 21.4. The van der Waals surface area contributed by atoms with Crippen LogP contribution in [-0.4, -0.2) is 12.1 Å². The average molecular weight is 411 g/mol. The van der Waals surface area contributed by atoms with Gasteiger partial charge in [0.1, 0.15) is 0 Å². The molecule has 1 unspecified atom stereocenters. The molecule has 0 rings (SSSR count). The molecule has 0 heterocycles. The molecule has 0 aromatic rings. The highest BCUT2D eigenvalue weighted by Gasteiger charge is 2.04. The summed E-state index contributed by atoms with van der Waals surface area (Å²) in [5.41, 5.74) is 0. The maximum absolute atomic E-state index is 10.8. The summed E-state index contributed by atoms with van der Waals surface area (Å²) < 4.78 is 5.16. The predicted octanol–water partition coefficient (Wildman–Crippen LogP) is 9.54. The molecule has 0 aromatic carbocycles. The van der Waals surface area contributed by atoms with Gasteiger partial charge in [-0.05, 0) is 19.8 Å². The van der Waals surface area contributed by atoms with Crippen LogP contribution in [0.3, 0.4) is 0 Å². The van der Waals surface area contributed by atoms with Crippen LogP contribution in [0.2, 0.25) is 0 Å². The van der Waals surface area contributed by atoms with Crippen LogP contribution in [-0.2, 0) is 9.53 Å². The van der Waals surface area contributed by atoms with E-state index in [1.807, 2.05) is 6.92 Å². The summed E-state index contributed by atoms with van der Waals surface area (Å²) in [6.07, 6.45) is 30.9. The van der Waals surface area contributed by atoms with Crippen molar-refractivity contribution in [1.82, 2.24) is 0 Å². The maximum atomic E-state index is 10.8. The highest BCUT2D eigenvalue weighted by Crippen LogP contribution is 2.15. The van der Waals surface area contributed by atoms with E-state index in [0.29, 0.717) is 0 Å². The Kier molecular flexibility index (Phi) is 23.3. The molecule has 174 valence electrons. The Bertz CT molecular complexity index is 326. The molecule has 0 saturated carbocycles. The van der Waals surface area contributed by atoms with Crippen molar-refractivity contribution >= 4 is 5.97 Å². The highest BCUT2D eigenvalue weighted by molar-refractivity contribution is 5.66. The molecule has 2 nitrogen and oxygen atoms in total. The van der Waals surface area contributed by atoms with Crippen molar-refractivity contribution in [3.63, 3.8) is 0 Å². The number of hydrogen-bond donors (Lipinski definition) is 0. The van der Waals surface area contributed by atoms with Crippen LogP contribution in [0.15, 0.2) is 0 Å². The van der Waals surface area contributed by atoms with E-state index >= 15 is 0 Å². The van der Waals surface area contributed by atoms with E-state index in [0.717, 1.165) is 6.42 Å². The van der Waals surface area contributed by atoms with Gasteiger partial charge in [0.2, 0.25) is 0 Å². The van der Waals surface area contributed by atoms with Crippen molar-refractivity contribution in [2.24, 2.45) is 0 Å². The number of unbranched alkanes of at least 4 members (excludes halogenated alkanes) is 20. The van der Waals surface area contributed by atoms with Crippen LogP contribution >= 0.6 is 0 Å². The van der Waals surface area contributed by atoms with E-state index < -0.39 is 0 Å². The van der Waals surface area contributed by atoms with Gasteiger partial charge in [0.15, 0.2) is 0 Å². The summed E-state index contributed by atoms with van der Waals surface area (Å²) in [4.78, 5) is 10.8. The minimum Gasteiger partial charge on any atom is -0.463 e. The first-order valence-corrected chi connectivity index (χ1v) is 13.3. The molecule has 0 aliphatic heterocycles. The van der Waals surface area contributed by atoms with Crippen LogP contribution in [0, 0.1) is 0 Å². The second-order valence-electron chi connectivity index (χ2n) is 9.28. The molecular formula is C27H54O2. The van der Waals surface area contributed by atoms with Gasteiger partial charge < -0.3 is 4.74 Å². The van der Waals surface area contributed by atoms with Gasteiger partial charge in [-0.2, -0.15) is 0 Å². The molecule has 29 heavy (non-hydrogen) atoms. The minimum absolute atomic E-state index is 0.0906. The fourth-order valence-electron chi connectivity index (χ4n) is 4.21. The van der Waals surface area contributed by atoms with Gasteiger partial charge in [0.25, 0.3) is 0 Å². The summed E-state index contributed by atoms with van der Waals surface area (Å²) in [7, 11) is 0. The van der Waals surface area contributed by atoms with Crippen molar-refractivity contribution in [2.45, 2.75) is 168 Å². The van der Waals surface area contributed by atoms with Crippen molar-refractivity contribution < 1.29 is 9.53 Å². The van der Waals surface area contributed by atoms with Gasteiger partial charge in [0.05, 0.1) is 6.10 Å². The molecule has 0 fully saturated rings. The summed E-state index contributed by atoms with van der Waals surface area (Å²) in [5.74, 6) is -0.152.